The molecule has 1 aromatic rings. The Balaban J connectivity index is 0.00000392. The minimum atomic E-state index is -0.403. The van der Waals surface area contributed by atoms with Gasteiger partial charge in [0, 0.05) is 18.3 Å². The van der Waals surface area contributed by atoms with Crippen molar-refractivity contribution in [2.45, 2.75) is 64.7 Å². The number of nitrogens with one attached hydrogen (secondary N) is 1. The molecule has 1 N–H and O–H groups in total. The number of amides is 1. The first-order chi connectivity index (χ1) is 13.3. The summed E-state index contributed by atoms with van der Waals surface area (Å²) in [6, 6.07) is 7.51. The number of benzene rings is 1. The van der Waals surface area contributed by atoms with Gasteiger partial charge in [-0.1, -0.05) is 51.5 Å². The van der Waals surface area contributed by atoms with Crippen LogP contribution in [0.3, 0.4) is 0 Å². The third-order valence-corrected chi connectivity index (χ3v) is 4.94. The molecule has 0 aromatic heterocycles. The van der Waals surface area contributed by atoms with E-state index in [0.717, 1.165) is 38.4 Å². The Bertz CT molecular complexity index is 536. The van der Waals surface area contributed by atoms with E-state index in [1.807, 2.05) is 24.3 Å². The summed E-state index contributed by atoms with van der Waals surface area (Å²) in [5.41, 5.74) is 0.707. The number of piperidine rings is 1. The molecule has 1 aliphatic heterocycles. The van der Waals surface area contributed by atoms with Crippen molar-refractivity contribution in [3.8, 4) is 5.75 Å². The highest BCUT2D eigenvalue weighted by Crippen LogP contribution is 2.18. The number of carbonyl (C=O) groups is 1. The number of rotatable bonds is 12. The summed E-state index contributed by atoms with van der Waals surface area (Å²) in [7, 11) is 0. The normalized spacial score (nSPS) is 14.2. The van der Waals surface area contributed by atoms with Gasteiger partial charge in [-0.2, -0.15) is 0 Å². The summed E-state index contributed by atoms with van der Waals surface area (Å²) in [5, 5.41) is 2.79. The molecule has 0 bridgehead atoms. The van der Waals surface area contributed by atoms with Crippen LogP contribution < -0.4 is 10.1 Å². The number of unbranched alkanes of at least 4 members (excludes halogenated alkanes) is 5. The number of ether oxygens (including phenoxy) is 2. The van der Waals surface area contributed by atoms with Gasteiger partial charge in [-0.15, -0.1) is 12.4 Å². The molecule has 0 spiro atoms. The van der Waals surface area contributed by atoms with Crippen molar-refractivity contribution in [3.63, 3.8) is 0 Å². The first-order valence-corrected chi connectivity index (χ1v) is 10.7. The molecule has 0 radical (unpaired) electrons. The zero-order chi connectivity index (χ0) is 19.2. The number of nitrogens with zero attached hydrogens (tertiary/aromatic N) is 1. The minimum absolute atomic E-state index is 0. The molecular weight excluding hydrogens is 376 g/mol. The number of carbonyl (C=O) groups excluding carboxylic acids is 1. The molecule has 1 saturated heterocycles. The summed E-state index contributed by atoms with van der Waals surface area (Å²) in [6.45, 7) is 6.42. The van der Waals surface area contributed by atoms with Crippen molar-refractivity contribution in [1.29, 1.82) is 0 Å². The summed E-state index contributed by atoms with van der Waals surface area (Å²) >= 11 is 0. The lowest BCUT2D eigenvalue weighted by atomic mass is 10.1. The topological polar surface area (TPSA) is 50.8 Å². The standard InChI is InChI=1S/C22H36N2O3.ClH/c1-2-3-4-5-6-10-17-26-21-13-11-12-20(19-21)23-22(25)27-18-16-24-14-8-7-9-15-24;/h11-13,19H,2-10,14-18H2,1H3,(H,23,25);1H. The third kappa shape index (κ3) is 10.8. The first kappa shape index (κ1) is 24.6. The number of hydrogen-bond acceptors (Lipinski definition) is 4. The highest BCUT2D eigenvalue weighted by Gasteiger charge is 2.11. The molecule has 1 aromatic carbocycles. The molecule has 0 aliphatic carbocycles. The summed E-state index contributed by atoms with van der Waals surface area (Å²) in [4.78, 5) is 14.3. The lowest BCUT2D eigenvalue weighted by Gasteiger charge is -2.25. The quantitative estimate of drug-likeness (QED) is 0.435. The van der Waals surface area contributed by atoms with Crippen LogP contribution in [0.2, 0.25) is 0 Å². The lowest BCUT2D eigenvalue weighted by molar-refractivity contribution is 0.131. The van der Waals surface area contributed by atoms with Crippen LogP contribution in [0.25, 0.3) is 0 Å². The first-order valence-electron chi connectivity index (χ1n) is 10.7. The van der Waals surface area contributed by atoms with Gasteiger partial charge < -0.3 is 9.47 Å². The fraction of sp³-hybridized carbons (Fsp3) is 0.682. The SMILES string of the molecule is CCCCCCCCOc1cccc(NC(=O)OCCN2CCCCC2)c1.Cl. The predicted octanol–water partition coefficient (Wildman–Crippen LogP) is 5.88. The molecule has 1 heterocycles. The van der Waals surface area contributed by atoms with E-state index in [0.29, 0.717) is 12.3 Å². The fourth-order valence-electron chi connectivity index (χ4n) is 3.34. The molecule has 1 aliphatic rings. The van der Waals surface area contributed by atoms with E-state index >= 15 is 0 Å². The average molecular weight is 413 g/mol. The van der Waals surface area contributed by atoms with Gasteiger partial charge in [0.25, 0.3) is 0 Å². The van der Waals surface area contributed by atoms with E-state index in [4.69, 9.17) is 9.47 Å². The largest absolute Gasteiger partial charge is 0.494 e. The van der Waals surface area contributed by atoms with Gasteiger partial charge in [-0.05, 0) is 44.5 Å². The molecule has 6 heteroatoms. The van der Waals surface area contributed by atoms with E-state index in [1.54, 1.807) is 0 Å². The van der Waals surface area contributed by atoms with Crippen LogP contribution in [0.15, 0.2) is 24.3 Å². The maximum absolute atomic E-state index is 12.0. The number of halogens is 1. The number of anilines is 1. The molecule has 160 valence electrons. The Morgan fingerprint density at radius 1 is 1.04 bits per heavy atom. The van der Waals surface area contributed by atoms with E-state index < -0.39 is 6.09 Å². The Morgan fingerprint density at radius 2 is 1.79 bits per heavy atom. The molecule has 1 amide bonds. The Hall–Kier alpha value is -1.46. The molecule has 0 unspecified atom stereocenters. The highest BCUT2D eigenvalue weighted by atomic mass is 35.5. The maximum atomic E-state index is 12.0. The van der Waals surface area contributed by atoms with Crippen molar-refractivity contribution in [2.75, 3.05) is 38.2 Å². The van der Waals surface area contributed by atoms with E-state index in [2.05, 4.69) is 17.1 Å². The van der Waals surface area contributed by atoms with Crippen molar-refractivity contribution < 1.29 is 14.3 Å². The van der Waals surface area contributed by atoms with E-state index in [1.165, 1.54) is 51.4 Å². The van der Waals surface area contributed by atoms with E-state index in [-0.39, 0.29) is 12.4 Å². The minimum Gasteiger partial charge on any atom is -0.494 e. The van der Waals surface area contributed by atoms with Crippen LogP contribution >= 0.6 is 12.4 Å². The van der Waals surface area contributed by atoms with Gasteiger partial charge in [0.2, 0.25) is 0 Å². The van der Waals surface area contributed by atoms with Gasteiger partial charge in [0.15, 0.2) is 0 Å². The van der Waals surface area contributed by atoms with E-state index in [9.17, 15) is 4.79 Å². The Kier molecular flexibility index (Phi) is 13.6. The molecule has 5 nitrogen and oxygen atoms in total. The number of likely N-dealkylation sites (tertiary alicyclic amines) is 1. The summed E-state index contributed by atoms with van der Waals surface area (Å²) in [5.74, 6) is 0.787. The summed E-state index contributed by atoms with van der Waals surface area (Å²) < 4.78 is 11.1. The van der Waals surface area contributed by atoms with Crippen molar-refractivity contribution in [2.24, 2.45) is 0 Å². The van der Waals surface area contributed by atoms with Crippen molar-refractivity contribution >= 4 is 24.2 Å². The molecular formula is C22H37ClN2O3. The number of hydrogen-bond donors (Lipinski definition) is 1. The zero-order valence-corrected chi connectivity index (χ0v) is 18.1. The fourth-order valence-corrected chi connectivity index (χ4v) is 3.34. The lowest BCUT2D eigenvalue weighted by Crippen LogP contribution is -2.33. The predicted molar refractivity (Wildman–Crippen MR) is 118 cm³/mol. The van der Waals surface area contributed by atoms with Crippen LogP contribution in [0.5, 0.6) is 5.75 Å². The second kappa shape index (κ2) is 15.5. The summed E-state index contributed by atoms with van der Waals surface area (Å²) in [6.07, 6.45) is 10.9. The molecule has 0 saturated carbocycles. The van der Waals surface area contributed by atoms with Crippen LogP contribution in [0, 0.1) is 0 Å². The van der Waals surface area contributed by atoms with Crippen LogP contribution in [0.4, 0.5) is 10.5 Å². The average Bonchev–Trinajstić information content (AvgIpc) is 2.68. The Morgan fingerprint density at radius 3 is 2.57 bits per heavy atom. The highest BCUT2D eigenvalue weighted by molar-refractivity contribution is 5.85. The smallest absolute Gasteiger partial charge is 0.411 e. The molecule has 2 rings (SSSR count). The van der Waals surface area contributed by atoms with Crippen LogP contribution in [0.1, 0.15) is 64.7 Å². The van der Waals surface area contributed by atoms with Crippen molar-refractivity contribution in [3.05, 3.63) is 24.3 Å². The maximum Gasteiger partial charge on any atom is 0.411 e. The van der Waals surface area contributed by atoms with Gasteiger partial charge >= 0.3 is 6.09 Å². The van der Waals surface area contributed by atoms with Crippen LogP contribution in [-0.4, -0.2) is 43.8 Å². The van der Waals surface area contributed by atoms with Crippen LogP contribution in [-0.2, 0) is 4.74 Å². The molecule has 1 fully saturated rings. The Labute approximate surface area is 176 Å². The molecule has 28 heavy (non-hydrogen) atoms. The second-order valence-corrected chi connectivity index (χ2v) is 7.31. The monoisotopic (exact) mass is 412 g/mol. The van der Waals surface area contributed by atoms with Gasteiger partial charge in [-0.25, -0.2) is 4.79 Å². The van der Waals surface area contributed by atoms with Crippen molar-refractivity contribution in [1.82, 2.24) is 4.90 Å². The second-order valence-electron chi connectivity index (χ2n) is 7.31. The third-order valence-electron chi connectivity index (χ3n) is 4.94. The van der Waals surface area contributed by atoms with Gasteiger partial charge in [-0.3, -0.25) is 10.2 Å². The molecule has 0 atom stereocenters. The van der Waals surface area contributed by atoms with Gasteiger partial charge in [0.05, 0.1) is 6.61 Å². The zero-order valence-electron chi connectivity index (χ0n) is 17.3. The van der Waals surface area contributed by atoms with Gasteiger partial charge in [0.1, 0.15) is 12.4 Å².